The van der Waals surface area contributed by atoms with E-state index in [0.717, 1.165) is 28.2 Å². The Bertz CT molecular complexity index is 1240. The van der Waals surface area contributed by atoms with Crippen LogP contribution in [0.4, 0.5) is 0 Å². The highest BCUT2D eigenvalue weighted by molar-refractivity contribution is 6.30. The zero-order valence-electron chi connectivity index (χ0n) is 14.4. The molecule has 8 nitrogen and oxygen atoms in total. The van der Waals surface area contributed by atoms with Crippen molar-refractivity contribution in [2.75, 3.05) is 0 Å². The van der Waals surface area contributed by atoms with Crippen LogP contribution in [0.5, 0.6) is 0 Å². The van der Waals surface area contributed by atoms with Crippen LogP contribution in [0.3, 0.4) is 0 Å². The second-order valence-electron chi connectivity index (χ2n) is 6.39. The highest BCUT2D eigenvalue weighted by Crippen LogP contribution is 2.22. The molecule has 134 valence electrons. The Morgan fingerprint density at radius 3 is 2.70 bits per heavy atom. The maximum Gasteiger partial charge on any atom is 0.170 e. The zero-order chi connectivity index (χ0) is 18.4. The van der Waals surface area contributed by atoms with E-state index >= 15 is 0 Å². The molecular weight excluding hydrogens is 364 g/mol. The number of halogens is 1. The minimum absolute atomic E-state index is 0.0695. The van der Waals surface area contributed by atoms with Gasteiger partial charge in [0, 0.05) is 12.1 Å². The van der Waals surface area contributed by atoms with E-state index in [-0.39, 0.29) is 5.92 Å². The summed E-state index contributed by atoms with van der Waals surface area (Å²) >= 11 is 5.94. The number of benzene rings is 1. The predicted octanol–water partition coefficient (Wildman–Crippen LogP) is 3.12. The molecule has 0 radical (unpaired) electrons. The van der Waals surface area contributed by atoms with E-state index in [9.17, 15) is 0 Å². The molecule has 0 aliphatic carbocycles. The third kappa shape index (κ3) is 2.74. The van der Waals surface area contributed by atoms with Gasteiger partial charge in [0.15, 0.2) is 17.1 Å². The first-order valence-corrected chi connectivity index (χ1v) is 8.89. The lowest BCUT2D eigenvalue weighted by molar-refractivity contribution is 0.524. The van der Waals surface area contributed by atoms with Crippen LogP contribution in [0.25, 0.3) is 22.4 Å². The van der Waals surface area contributed by atoms with Crippen LogP contribution in [0.15, 0.2) is 55.2 Å². The van der Waals surface area contributed by atoms with Crippen LogP contribution in [0.2, 0.25) is 5.02 Å². The summed E-state index contributed by atoms with van der Waals surface area (Å²) in [6.45, 7) is 2.70. The maximum absolute atomic E-state index is 5.94. The molecule has 0 aliphatic rings. The Balaban J connectivity index is 1.55. The van der Waals surface area contributed by atoms with Gasteiger partial charge in [-0.1, -0.05) is 36.7 Å². The van der Waals surface area contributed by atoms with Crippen molar-refractivity contribution < 1.29 is 0 Å². The van der Waals surface area contributed by atoms with E-state index in [1.165, 1.54) is 0 Å². The van der Waals surface area contributed by atoms with Crippen LogP contribution in [-0.2, 0) is 6.54 Å². The molecule has 0 spiro atoms. The zero-order valence-corrected chi connectivity index (χ0v) is 15.2. The van der Waals surface area contributed by atoms with E-state index in [1.54, 1.807) is 38.8 Å². The lowest BCUT2D eigenvalue weighted by Gasteiger charge is -2.06. The number of hydrogen-bond acceptors (Lipinski definition) is 5. The second kappa shape index (κ2) is 6.17. The van der Waals surface area contributed by atoms with Gasteiger partial charge in [0.1, 0.15) is 6.33 Å². The lowest BCUT2D eigenvalue weighted by Crippen LogP contribution is -2.08. The fourth-order valence-electron chi connectivity index (χ4n) is 3.10. The van der Waals surface area contributed by atoms with E-state index in [4.69, 9.17) is 16.6 Å². The van der Waals surface area contributed by atoms with Gasteiger partial charge in [0.25, 0.3) is 0 Å². The number of aromatic nitrogens is 8. The summed E-state index contributed by atoms with van der Waals surface area (Å²) in [4.78, 5) is 9.27. The predicted molar refractivity (Wildman–Crippen MR) is 101 cm³/mol. The van der Waals surface area contributed by atoms with E-state index < -0.39 is 0 Å². The molecule has 5 rings (SSSR count). The number of hydrogen-bond donors (Lipinski definition) is 0. The molecule has 9 heteroatoms. The van der Waals surface area contributed by atoms with Gasteiger partial charge in [-0.05, 0) is 12.1 Å². The number of nitrogens with zero attached hydrogens (tertiary/aromatic N) is 8. The summed E-state index contributed by atoms with van der Waals surface area (Å²) in [6.07, 6.45) is 6.86. The van der Waals surface area contributed by atoms with Crippen molar-refractivity contribution in [3.05, 3.63) is 66.1 Å². The molecular formula is C18H15ClN8. The molecule has 5 aromatic rings. The van der Waals surface area contributed by atoms with Crippen LogP contribution in [-0.4, -0.2) is 39.1 Å². The normalized spacial score (nSPS) is 12.8. The molecule has 1 unspecified atom stereocenters. The maximum atomic E-state index is 5.94. The summed E-state index contributed by atoms with van der Waals surface area (Å²) in [6, 6.07) is 9.90. The largest absolute Gasteiger partial charge is 0.270 e. The molecule has 0 saturated carbocycles. The van der Waals surface area contributed by atoms with Crippen molar-refractivity contribution in [1.82, 2.24) is 39.1 Å². The highest BCUT2D eigenvalue weighted by atomic mass is 35.5. The van der Waals surface area contributed by atoms with Crippen LogP contribution in [0.1, 0.15) is 18.7 Å². The monoisotopic (exact) mass is 378 g/mol. The van der Waals surface area contributed by atoms with Crippen molar-refractivity contribution in [2.45, 2.75) is 19.4 Å². The summed E-state index contributed by atoms with van der Waals surface area (Å²) in [5, 5.41) is 14.8. The molecule has 0 bridgehead atoms. The third-order valence-corrected chi connectivity index (χ3v) is 4.62. The molecule has 1 atom stereocenters. The topological polar surface area (TPSA) is 78.7 Å². The van der Waals surface area contributed by atoms with E-state index in [2.05, 4.69) is 27.2 Å². The Morgan fingerprint density at radius 2 is 1.93 bits per heavy atom. The van der Waals surface area contributed by atoms with Gasteiger partial charge in [0.2, 0.25) is 0 Å². The number of rotatable bonds is 4. The quantitative estimate of drug-likeness (QED) is 0.480. The van der Waals surface area contributed by atoms with Gasteiger partial charge in [-0.25, -0.2) is 19.2 Å². The molecule has 0 aliphatic heterocycles. The molecule has 0 N–H and O–H groups in total. The Labute approximate surface area is 159 Å². The first-order chi connectivity index (χ1) is 13.2. The first kappa shape index (κ1) is 16.0. The van der Waals surface area contributed by atoms with Crippen LogP contribution < -0.4 is 0 Å². The van der Waals surface area contributed by atoms with Gasteiger partial charge >= 0.3 is 0 Å². The SMILES string of the molecule is CC(Cn1cc(Cl)cn1)c1nc2c3cnn(-c4ccccc4)c3ncn2n1. The van der Waals surface area contributed by atoms with Crippen molar-refractivity contribution in [3.63, 3.8) is 0 Å². The molecule has 0 amide bonds. The molecule has 1 aromatic carbocycles. The molecule has 27 heavy (non-hydrogen) atoms. The molecule has 0 fully saturated rings. The second-order valence-corrected chi connectivity index (χ2v) is 6.83. The van der Waals surface area contributed by atoms with Gasteiger partial charge in [-0.2, -0.15) is 10.2 Å². The fraction of sp³-hybridized carbons (Fsp3) is 0.167. The third-order valence-electron chi connectivity index (χ3n) is 4.43. The van der Waals surface area contributed by atoms with Crippen molar-refractivity contribution in [1.29, 1.82) is 0 Å². The standard InChI is InChI=1S/C18H15ClN8/c1-12(9-25-10-13(19)7-21-25)16-23-18-15-8-22-27(14-5-3-2-4-6-14)17(15)20-11-26(18)24-16/h2-8,10-12H,9H2,1H3. The Hall–Kier alpha value is -3.26. The summed E-state index contributed by atoms with van der Waals surface area (Å²) in [5.41, 5.74) is 2.44. The van der Waals surface area contributed by atoms with Crippen LogP contribution in [0, 0.1) is 0 Å². The number of fused-ring (bicyclic) bond motifs is 3. The summed E-state index contributed by atoms with van der Waals surface area (Å²) in [5.74, 6) is 0.795. The smallest absolute Gasteiger partial charge is 0.170 e. The average molecular weight is 379 g/mol. The van der Waals surface area contributed by atoms with E-state index in [1.807, 2.05) is 30.3 Å². The summed E-state index contributed by atoms with van der Waals surface area (Å²) < 4.78 is 5.29. The minimum atomic E-state index is 0.0695. The molecule has 0 saturated heterocycles. The number of para-hydroxylation sites is 1. The van der Waals surface area contributed by atoms with Gasteiger partial charge in [0.05, 0.1) is 35.0 Å². The van der Waals surface area contributed by atoms with Crippen molar-refractivity contribution in [2.24, 2.45) is 0 Å². The van der Waals surface area contributed by atoms with Crippen molar-refractivity contribution in [3.8, 4) is 5.69 Å². The Morgan fingerprint density at radius 1 is 1.07 bits per heavy atom. The molecule has 4 heterocycles. The highest BCUT2D eigenvalue weighted by Gasteiger charge is 2.17. The Kier molecular flexibility index (Phi) is 3.64. The van der Waals surface area contributed by atoms with Gasteiger partial charge < -0.3 is 0 Å². The average Bonchev–Trinajstić information content (AvgIpc) is 3.39. The lowest BCUT2D eigenvalue weighted by atomic mass is 10.2. The fourth-order valence-corrected chi connectivity index (χ4v) is 3.26. The minimum Gasteiger partial charge on any atom is -0.270 e. The summed E-state index contributed by atoms with van der Waals surface area (Å²) in [7, 11) is 0. The molecule has 4 aromatic heterocycles. The van der Waals surface area contributed by atoms with Crippen LogP contribution >= 0.6 is 11.6 Å². The van der Waals surface area contributed by atoms with E-state index in [0.29, 0.717) is 11.6 Å². The first-order valence-electron chi connectivity index (χ1n) is 8.51. The van der Waals surface area contributed by atoms with Crippen molar-refractivity contribution >= 4 is 28.3 Å². The van der Waals surface area contributed by atoms with Gasteiger partial charge in [-0.15, -0.1) is 5.10 Å². The van der Waals surface area contributed by atoms with Gasteiger partial charge in [-0.3, -0.25) is 4.68 Å².